The lowest BCUT2D eigenvalue weighted by Gasteiger charge is -2.23. The van der Waals surface area contributed by atoms with Crippen molar-refractivity contribution in [1.29, 1.82) is 0 Å². The van der Waals surface area contributed by atoms with Crippen LogP contribution in [-0.2, 0) is 4.79 Å². The molecule has 2 atom stereocenters. The number of carbonyl (C=O) groups is 1. The number of amides is 1. The first-order valence-electron chi connectivity index (χ1n) is 7.77. The van der Waals surface area contributed by atoms with Crippen LogP contribution in [0.1, 0.15) is 58.3 Å². The van der Waals surface area contributed by atoms with E-state index < -0.39 is 0 Å². The first-order chi connectivity index (χ1) is 8.75. The molecule has 1 saturated carbocycles. The van der Waals surface area contributed by atoms with Crippen molar-refractivity contribution in [2.75, 3.05) is 13.1 Å². The molecule has 2 rings (SSSR count). The van der Waals surface area contributed by atoms with E-state index in [-0.39, 0.29) is 24.2 Å². The zero-order valence-corrected chi connectivity index (χ0v) is 12.9. The Morgan fingerprint density at radius 1 is 1.26 bits per heavy atom. The third-order valence-corrected chi connectivity index (χ3v) is 4.55. The number of halogens is 1. The van der Waals surface area contributed by atoms with E-state index in [1.54, 1.807) is 0 Å². The third-order valence-electron chi connectivity index (χ3n) is 4.55. The van der Waals surface area contributed by atoms with Gasteiger partial charge in [-0.1, -0.05) is 32.1 Å². The predicted molar refractivity (Wildman–Crippen MR) is 81.6 cm³/mol. The molecule has 19 heavy (non-hydrogen) atoms. The SMILES string of the molecule is CC(CCC1CCCCC1)NC(=O)C1CCNC1.Cl. The van der Waals surface area contributed by atoms with Crippen molar-refractivity contribution in [2.45, 2.75) is 64.3 Å². The van der Waals surface area contributed by atoms with Gasteiger partial charge in [-0.25, -0.2) is 0 Å². The van der Waals surface area contributed by atoms with Crippen LogP contribution in [0, 0.1) is 11.8 Å². The molecule has 0 aromatic carbocycles. The summed E-state index contributed by atoms with van der Waals surface area (Å²) in [5.41, 5.74) is 0. The summed E-state index contributed by atoms with van der Waals surface area (Å²) in [6.07, 6.45) is 10.5. The molecule has 2 unspecified atom stereocenters. The minimum Gasteiger partial charge on any atom is -0.353 e. The molecule has 3 nitrogen and oxygen atoms in total. The summed E-state index contributed by atoms with van der Waals surface area (Å²) >= 11 is 0. The van der Waals surface area contributed by atoms with Gasteiger partial charge in [0.15, 0.2) is 0 Å². The molecule has 2 aliphatic rings. The van der Waals surface area contributed by atoms with E-state index in [4.69, 9.17) is 0 Å². The van der Waals surface area contributed by atoms with Gasteiger partial charge in [0.05, 0.1) is 5.92 Å². The van der Waals surface area contributed by atoms with Gasteiger partial charge in [-0.15, -0.1) is 12.4 Å². The van der Waals surface area contributed by atoms with Crippen LogP contribution < -0.4 is 10.6 Å². The number of rotatable bonds is 5. The first-order valence-corrected chi connectivity index (χ1v) is 7.77. The van der Waals surface area contributed by atoms with E-state index in [0.717, 1.165) is 31.8 Å². The maximum Gasteiger partial charge on any atom is 0.224 e. The Morgan fingerprint density at radius 2 is 2.00 bits per heavy atom. The lowest BCUT2D eigenvalue weighted by atomic mass is 9.85. The number of hydrogen-bond acceptors (Lipinski definition) is 2. The Hall–Kier alpha value is -0.280. The first kappa shape index (κ1) is 16.8. The van der Waals surface area contributed by atoms with Crippen LogP contribution in [0.25, 0.3) is 0 Å². The zero-order chi connectivity index (χ0) is 12.8. The average Bonchev–Trinajstić information content (AvgIpc) is 2.91. The standard InChI is InChI=1S/C15H28N2O.ClH/c1-12(7-8-13-5-3-2-4-6-13)17-15(18)14-9-10-16-11-14;/h12-14,16H,2-11H2,1H3,(H,17,18);1H. The van der Waals surface area contributed by atoms with Crippen LogP contribution in [0.2, 0.25) is 0 Å². The van der Waals surface area contributed by atoms with Crippen LogP contribution in [0.4, 0.5) is 0 Å². The van der Waals surface area contributed by atoms with Gasteiger partial charge in [-0.3, -0.25) is 4.79 Å². The van der Waals surface area contributed by atoms with E-state index in [2.05, 4.69) is 17.6 Å². The summed E-state index contributed by atoms with van der Waals surface area (Å²) in [5, 5.41) is 6.43. The second kappa shape index (κ2) is 8.80. The monoisotopic (exact) mass is 288 g/mol. The van der Waals surface area contributed by atoms with Crippen molar-refractivity contribution < 1.29 is 4.79 Å². The van der Waals surface area contributed by atoms with Gasteiger partial charge in [0.2, 0.25) is 5.91 Å². The quantitative estimate of drug-likeness (QED) is 0.817. The molecule has 0 aromatic rings. The summed E-state index contributed by atoms with van der Waals surface area (Å²) in [5.74, 6) is 1.39. The Labute approximate surface area is 123 Å². The van der Waals surface area contributed by atoms with Gasteiger partial charge in [0, 0.05) is 12.6 Å². The number of nitrogens with one attached hydrogen (secondary N) is 2. The molecule has 112 valence electrons. The van der Waals surface area contributed by atoms with Crippen LogP contribution in [0.3, 0.4) is 0 Å². The van der Waals surface area contributed by atoms with E-state index in [0.29, 0.717) is 6.04 Å². The van der Waals surface area contributed by atoms with Crippen molar-refractivity contribution in [2.24, 2.45) is 11.8 Å². The highest BCUT2D eigenvalue weighted by Crippen LogP contribution is 2.27. The molecule has 1 heterocycles. The topological polar surface area (TPSA) is 41.1 Å². The molecule has 0 aromatic heterocycles. The van der Waals surface area contributed by atoms with Gasteiger partial charge in [0.25, 0.3) is 0 Å². The molecular formula is C15H29ClN2O. The largest absolute Gasteiger partial charge is 0.353 e. The Balaban J connectivity index is 0.00000180. The van der Waals surface area contributed by atoms with E-state index in [1.807, 2.05) is 0 Å². The highest BCUT2D eigenvalue weighted by Gasteiger charge is 2.23. The summed E-state index contributed by atoms with van der Waals surface area (Å²) in [6.45, 7) is 4.01. The maximum atomic E-state index is 12.0. The predicted octanol–water partition coefficient (Wildman–Crippen LogP) is 2.88. The highest BCUT2D eigenvalue weighted by molar-refractivity contribution is 5.85. The summed E-state index contributed by atoms with van der Waals surface area (Å²) in [4.78, 5) is 12.0. The van der Waals surface area contributed by atoms with Crippen molar-refractivity contribution in [3.63, 3.8) is 0 Å². The Bertz CT molecular complexity index is 261. The molecule has 1 saturated heterocycles. The van der Waals surface area contributed by atoms with Crippen molar-refractivity contribution in [1.82, 2.24) is 10.6 Å². The van der Waals surface area contributed by atoms with Crippen LogP contribution in [0.15, 0.2) is 0 Å². The molecule has 1 aliphatic carbocycles. The van der Waals surface area contributed by atoms with Gasteiger partial charge >= 0.3 is 0 Å². The Kier molecular flexibility index (Phi) is 7.77. The molecular weight excluding hydrogens is 260 g/mol. The lowest BCUT2D eigenvalue weighted by Crippen LogP contribution is -2.38. The molecule has 0 radical (unpaired) electrons. The van der Waals surface area contributed by atoms with Gasteiger partial charge in [-0.2, -0.15) is 0 Å². The second-order valence-corrected chi connectivity index (χ2v) is 6.18. The Morgan fingerprint density at radius 3 is 2.63 bits per heavy atom. The van der Waals surface area contributed by atoms with Gasteiger partial charge in [0.1, 0.15) is 0 Å². The van der Waals surface area contributed by atoms with Gasteiger partial charge < -0.3 is 10.6 Å². The molecule has 1 amide bonds. The fourth-order valence-electron chi connectivity index (χ4n) is 3.27. The number of hydrogen-bond donors (Lipinski definition) is 2. The van der Waals surface area contributed by atoms with Crippen molar-refractivity contribution in [3.8, 4) is 0 Å². The minimum absolute atomic E-state index is 0. The van der Waals surface area contributed by atoms with Crippen LogP contribution in [0.5, 0.6) is 0 Å². The smallest absolute Gasteiger partial charge is 0.224 e. The molecule has 2 fully saturated rings. The molecule has 0 spiro atoms. The van der Waals surface area contributed by atoms with E-state index in [1.165, 1.54) is 38.5 Å². The van der Waals surface area contributed by atoms with Crippen molar-refractivity contribution in [3.05, 3.63) is 0 Å². The summed E-state index contributed by atoms with van der Waals surface area (Å²) in [6, 6.07) is 0.347. The molecule has 2 N–H and O–H groups in total. The zero-order valence-electron chi connectivity index (χ0n) is 12.1. The second-order valence-electron chi connectivity index (χ2n) is 6.18. The molecule has 4 heteroatoms. The number of carbonyl (C=O) groups excluding carboxylic acids is 1. The summed E-state index contributed by atoms with van der Waals surface area (Å²) < 4.78 is 0. The fourth-order valence-corrected chi connectivity index (χ4v) is 3.27. The lowest BCUT2D eigenvalue weighted by molar-refractivity contribution is -0.125. The minimum atomic E-state index is 0. The average molecular weight is 289 g/mol. The fraction of sp³-hybridized carbons (Fsp3) is 0.933. The van der Waals surface area contributed by atoms with Crippen LogP contribution in [-0.4, -0.2) is 25.0 Å². The van der Waals surface area contributed by atoms with Crippen LogP contribution >= 0.6 is 12.4 Å². The highest BCUT2D eigenvalue weighted by atomic mass is 35.5. The van der Waals surface area contributed by atoms with E-state index in [9.17, 15) is 4.79 Å². The van der Waals surface area contributed by atoms with E-state index >= 15 is 0 Å². The normalized spacial score (nSPS) is 25.6. The van der Waals surface area contributed by atoms with Crippen molar-refractivity contribution >= 4 is 18.3 Å². The van der Waals surface area contributed by atoms with Gasteiger partial charge in [-0.05, 0) is 38.6 Å². The maximum absolute atomic E-state index is 12.0. The molecule has 1 aliphatic heterocycles. The molecule has 0 bridgehead atoms. The third kappa shape index (κ3) is 5.70. The summed E-state index contributed by atoms with van der Waals surface area (Å²) in [7, 11) is 0.